The van der Waals surface area contributed by atoms with Gasteiger partial charge in [-0.25, -0.2) is 9.59 Å². The lowest BCUT2D eigenvalue weighted by atomic mass is 10.3. The minimum absolute atomic E-state index is 0.301. The molecule has 1 aliphatic rings. The molecule has 1 rings (SSSR count). The van der Waals surface area contributed by atoms with Crippen molar-refractivity contribution >= 4 is 12.0 Å². The molecule has 1 saturated heterocycles. The summed E-state index contributed by atoms with van der Waals surface area (Å²) in [5.74, 6) is -1.35. The topological polar surface area (TPSA) is 111 Å². The van der Waals surface area contributed by atoms with E-state index in [1.54, 1.807) is 0 Å². The normalized spacial score (nSPS) is 17.7. The number of nitrogens with one attached hydrogen (secondary N) is 2. The Morgan fingerprint density at radius 1 is 1.26 bits per heavy atom. The molecule has 1 unspecified atom stereocenters. The lowest BCUT2D eigenvalue weighted by Crippen LogP contribution is -2.43. The third-order valence-electron chi connectivity index (χ3n) is 2.78. The van der Waals surface area contributed by atoms with Gasteiger partial charge in [0, 0.05) is 19.6 Å². The molecule has 1 atom stereocenters. The molecule has 8 heteroatoms. The number of urea groups is 1. The largest absolute Gasteiger partial charge is 0.479 e. The van der Waals surface area contributed by atoms with Crippen molar-refractivity contribution in [3.05, 3.63) is 0 Å². The van der Waals surface area contributed by atoms with Crippen LogP contribution in [0, 0.1) is 0 Å². The van der Waals surface area contributed by atoms with E-state index in [1.807, 2.05) is 0 Å². The van der Waals surface area contributed by atoms with Crippen LogP contribution in [0.2, 0.25) is 0 Å². The molecule has 0 radical (unpaired) electrons. The number of nitrogens with zero attached hydrogens (tertiary/aromatic N) is 1. The van der Waals surface area contributed by atoms with Gasteiger partial charge in [-0.15, -0.1) is 0 Å². The summed E-state index contributed by atoms with van der Waals surface area (Å²) in [5.41, 5.74) is 0. The van der Waals surface area contributed by atoms with Crippen molar-refractivity contribution in [3.63, 3.8) is 0 Å². The number of hydrogen-bond acceptors (Lipinski definition) is 5. The molecule has 1 heterocycles. The van der Waals surface area contributed by atoms with E-state index in [0.717, 1.165) is 39.3 Å². The fourth-order valence-electron chi connectivity index (χ4n) is 1.67. The number of carboxylic acid groups (broad SMARTS) is 1. The Kier molecular flexibility index (Phi) is 7.16. The summed E-state index contributed by atoms with van der Waals surface area (Å²) >= 11 is 0. The Morgan fingerprint density at radius 3 is 2.58 bits per heavy atom. The van der Waals surface area contributed by atoms with E-state index in [9.17, 15) is 9.59 Å². The Balaban J connectivity index is 1.99. The fraction of sp³-hybridized carbons (Fsp3) is 0.818. The third kappa shape index (κ3) is 6.94. The van der Waals surface area contributed by atoms with Crippen LogP contribution in [0.4, 0.5) is 4.79 Å². The van der Waals surface area contributed by atoms with E-state index in [4.69, 9.17) is 14.9 Å². The van der Waals surface area contributed by atoms with Crippen LogP contribution in [-0.2, 0) is 9.53 Å². The van der Waals surface area contributed by atoms with Gasteiger partial charge in [-0.2, -0.15) is 0 Å². The molecule has 19 heavy (non-hydrogen) atoms. The molecule has 1 aliphatic heterocycles. The molecule has 1 fully saturated rings. The molecule has 4 N–H and O–H groups in total. The zero-order chi connectivity index (χ0) is 14.1. The first-order valence-corrected chi connectivity index (χ1v) is 6.32. The van der Waals surface area contributed by atoms with Gasteiger partial charge in [-0.1, -0.05) is 0 Å². The Hall–Kier alpha value is -1.38. The maximum absolute atomic E-state index is 11.3. The summed E-state index contributed by atoms with van der Waals surface area (Å²) in [5, 5.41) is 22.3. The number of morpholine rings is 1. The number of aliphatic carboxylic acids is 1. The van der Waals surface area contributed by atoms with Gasteiger partial charge >= 0.3 is 12.0 Å². The minimum Gasteiger partial charge on any atom is -0.479 e. The lowest BCUT2D eigenvalue weighted by molar-refractivity contribution is -0.146. The van der Waals surface area contributed by atoms with Crippen LogP contribution >= 0.6 is 0 Å². The quantitative estimate of drug-likeness (QED) is 0.419. The molecule has 0 saturated carbocycles. The molecule has 0 aromatic heterocycles. The first-order valence-electron chi connectivity index (χ1n) is 6.32. The van der Waals surface area contributed by atoms with Crippen molar-refractivity contribution in [2.45, 2.75) is 12.5 Å². The molecule has 0 aromatic rings. The third-order valence-corrected chi connectivity index (χ3v) is 2.78. The summed E-state index contributed by atoms with van der Waals surface area (Å²) in [6.07, 6.45) is -0.756. The highest BCUT2D eigenvalue weighted by molar-refractivity contribution is 5.76. The number of carbonyl (C=O) groups is 2. The van der Waals surface area contributed by atoms with Crippen LogP contribution in [-0.4, -0.2) is 79.2 Å². The molecule has 8 nitrogen and oxygen atoms in total. The number of carbonyl (C=O) groups excluding carboxylic acids is 1. The maximum Gasteiger partial charge on any atom is 0.334 e. The van der Waals surface area contributed by atoms with Gasteiger partial charge in [0.1, 0.15) is 0 Å². The second-order valence-electron chi connectivity index (χ2n) is 4.30. The fourth-order valence-corrected chi connectivity index (χ4v) is 1.67. The predicted octanol–water partition coefficient (Wildman–Crippen LogP) is -1.55. The molecular formula is C11H21N3O5. The maximum atomic E-state index is 11.3. The standard InChI is InChI=1S/C11H21N3O5/c15-9(10(16)17)8-13-11(18)12-2-1-3-14-4-6-19-7-5-14/h9,15H,1-8H2,(H,16,17)(H2,12,13,18). The zero-order valence-electron chi connectivity index (χ0n) is 10.8. The van der Waals surface area contributed by atoms with Crippen LogP contribution in [0.3, 0.4) is 0 Å². The van der Waals surface area contributed by atoms with E-state index >= 15 is 0 Å². The second kappa shape index (κ2) is 8.68. The average Bonchev–Trinajstić information content (AvgIpc) is 2.42. The highest BCUT2D eigenvalue weighted by atomic mass is 16.5. The van der Waals surface area contributed by atoms with Crippen LogP contribution < -0.4 is 10.6 Å². The van der Waals surface area contributed by atoms with E-state index in [2.05, 4.69) is 15.5 Å². The number of aliphatic hydroxyl groups excluding tert-OH is 1. The highest BCUT2D eigenvalue weighted by Gasteiger charge is 2.14. The van der Waals surface area contributed by atoms with Crippen molar-refractivity contribution in [2.75, 3.05) is 45.9 Å². The van der Waals surface area contributed by atoms with Gasteiger partial charge < -0.3 is 25.6 Å². The first-order chi connectivity index (χ1) is 9.09. The Labute approximate surface area is 111 Å². The number of aliphatic hydroxyl groups is 1. The summed E-state index contributed by atoms with van der Waals surface area (Å²) in [6, 6.07) is -0.470. The highest BCUT2D eigenvalue weighted by Crippen LogP contribution is 1.97. The van der Waals surface area contributed by atoms with Crippen molar-refractivity contribution in [2.24, 2.45) is 0 Å². The van der Waals surface area contributed by atoms with Gasteiger partial charge in [-0.3, -0.25) is 4.90 Å². The molecule has 0 aliphatic carbocycles. The number of rotatable bonds is 7. The van der Waals surface area contributed by atoms with E-state index in [0.29, 0.717) is 6.54 Å². The van der Waals surface area contributed by atoms with Crippen LogP contribution in [0.25, 0.3) is 0 Å². The van der Waals surface area contributed by atoms with Gasteiger partial charge in [-0.05, 0) is 13.0 Å². The van der Waals surface area contributed by atoms with Gasteiger partial charge in [0.2, 0.25) is 0 Å². The molecule has 0 spiro atoms. The van der Waals surface area contributed by atoms with Crippen LogP contribution in [0.1, 0.15) is 6.42 Å². The van der Waals surface area contributed by atoms with Gasteiger partial charge in [0.05, 0.1) is 19.8 Å². The predicted molar refractivity (Wildman–Crippen MR) is 66.9 cm³/mol. The second-order valence-corrected chi connectivity index (χ2v) is 4.30. The lowest BCUT2D eigenvalue weighted by Gasteiger charge is -2.26. The first kappa shape index (κ1) is 15.7. The summed E-state index contributed by atoms with van der Waals surface area (Å²) < 4.78 is 5.22. The van der Waals surface area contributed by atoms with Gasteiger partial charge in [0.15, 0.2) is 6.10 Å². The minimum atomic E-state index is -1.57. The van der Waals surface area contributed by atoms with Crippen molar-refractivity contribution < 1.29 is 24.5 Å². The summed E-state index contributed by atoms with van der Waals surface area (Å²) in [4.78, 5) is 23.8. The monoisotopic (exact) mass is 275 g/mol. The number of hydrogen-bond donors (Lipinski definition) is 4. The molecule has 110 valence electrons. The van der Waals surface area contributed by atoms with E-state index < -0.39 is 18.1 Å². The van der Waals surface area contributed by atoms with E-state index in [-0.39, 0.29) is 6.54 Å². The van der Waals surface area contributed by atoms with E-state index in [1.165, 1.54) is 0 Å². The van der Waals surface area contributed by atoms with Crippen molar-refractivity contribution in [1.29, 1.82) is 0 Å². The Morgan fingerprint density at radius 2 is 1.95 bits per heavy atom. The smallest absolute Gasteiger partial charge is 0.334 e. The zero-order valence-corrected chi connectivity index (χ0v) is 10.8. The number of amides is 2. The van der Waals surface area contributed by atoms with Crippen molar-refractivity contribution in [1.82, 2.24) is 15.5 Å². The average molecular weight is 275 g/mol. The van der Waals surface area contributed by atoms with Crippen LogP contribution in [0.15, 0.2) is 0 Å². The molecule has 0 bridgehead atoms. The summed E-state index contributed by atoms with van der Waals surface area (Å²) in [6.45, 7) is 4.42. The molecule has 0 aromatic carbocycles. The Bertz CT molecular complexity index is 294. The number of ether oxygens (including phenoxy) is 1. The summed E-state index contributed by atoms with van der Waals surface area (Å²) in [7, 11) is 0. The molecule has 2 amide bonds. The molecular weight excluding hydrogens is 254 g/mol. The SMILES string of the molecule is O=C(NCCCN1CCOCC1)NCC(O)C(=O)O. The van der Waals surface area contributed by atoms with Crippen molar-refractivity contribution in [3.8, 4) is 0 Å². The van der Waals surface area contributed by atoms with Crippen LogP contribution in [0.5, 0.6) is 0 Å². The van der Waals surface area contributed by atoms with Gasteiger partial charge in [0.25, 0.3) is 0 Å². The number of carboxylic acids is 1.